The van der Waals surface area contributed by atoms with Crippen LogP contribution in [0.3, 0.4) is 0 Å². The third kappa shape index (κ3) is 3.57. The first-order valence-corrected chi connectivity index (χ1v) is 10.7. The summed E-state index contributed by atoms with van der Waals surface area (Å²) in [5, 5.41) is 0. The van der Waals surface area contributed by atoms with Crippen molar-refractivity contribution < 1.29 is 18.3 Å². The molecule has 4 rings (SSSR count). The van der Waals surface area contributed by atoms with Gasteiger partial charge in [-0.3, -0.25) is 4.79 Å². The van der Waals surface area contributed by atoms with Crippen molar-refractivity contribution in [2.45, 2.75) is 37.8 Å². The molecule has 0 bridgehead atoms. The monoisotopic (exact) mass is 485 g/mol. The topological polar surface area (TPSA) is 39.4 Å². The van der Waals surface area contributed by atoms with Gasteiger partial charge in [-0.2, -0.15) is 0 Å². The second-order valence-corrected chi connectivity index (χ2v) is 8.92. The predicted octanol–water partition coefficient (Wildman–Crippen LogP) is 3.73. The molecule has 2 atom stereocenters. The van der Waals surface area contributed by atoms with Crippen LogP contribution in [0.25, 0.3) is 0 Å². The van der Waals surface area contributed by atoms with Crippen molar-refractivity contribution in [1.29, 1.82) is 0 Å². The summed E-state index contributed by atoms with van der Waals surface area (Å²) in [4.78, 5) is 14.6. The standard InChI is InChI=1S/C20H22BrF2N3O2S/c1-24(12-5-6-28-10-12)17(27)8-15-16-7-11(9-26(16)20(29)25(15)2)18-14(22)4-3-13(21)19(18)23/h3-4,11-12H,5-10H2,1-2H3/t11-,12-/m1/s1. The molecule has 29 heavy (non-hydrogen) atoms. The summed E-state index contributed by atoms with van der Waals surface area (Å²) in [5.41, 5.74) is 1.76. The first-order chi connectivity index (χ1) is 13.8. The number of rotatable bonds is 4. The number of hydrogen-bond acceptors (Lipinski definition) is 3. The number of halogens is 3. The van der Waals surface area contributed by atoms with E-state index in [2.05, 4.69) is 15.9 Å². The van der Waals surface area contributed by atoms with E-state index in [-0.39, 0.29) is 34.3 Å². The third-order valence-electron chi connectivity index (χ3n) is 6.08. The Bertz CT molecular complexity index is 1030. The van der Waals surface area contributed by atoms with Crippen LogP contribution in [0.1, 0.15) is 29.3 Å². The van der Waals surface area contributed by atoms with Crippen molar-refractivity contribution in [2.75, 3.05) is 20.3 Å². The Morgan fingerprint density at radius 1 is 1.41 bits per heavy atom. The summed E-state index contributed by atoms with van der Waals surface area (Å²) < 4.78 is 38.9. The number of likely N-dealkylation sites (N-methyl/N-ethyl adjacent to an activating group) is 1. The second kappa shape index (κ2) is 7.92. The van der Waals surface area contributed by atoms with Crippen LogP contribution in [0.4, 0.5) is 8.78 Å². The fourth-order valence-electron chi connectivity index (χ4n) is 4.33. The Morgan fingerprint density at radius 3 is 2.86 bits per heavy atom. The Kier molecular flexibility index (Phi) is 5.65. The van der Waals surface area contributed by atoms with Crippen molar-refractivity contribution in [3.8, 4) is 0 Å². The zero-order valence-corrected chi connectivity index (χ0v) is 18.7. The maximum atomic E-state index is 14.6. The van der Waals surface area contributed by atoms with Crippen LogP contribution in [-0.4, -0.2) is 46.2 Å². The summed E-state index contributed by atoms with van der Waals surface area (Å²) in [5.74, 6) is -1.51. The van der Waals surface area contributed by atoms with Gasteiger partial charge in [0.2, 0.25) is 5.91 Å². The minimum atomic E-state index is -0.574. The van der Waals surface area contributed by atoms with E-state index < -0.39 is 11.6 Å². The summed E-state index contributed by atoms with van der Waals surface area (Å²) in [7, 11) is 3.63. The van der Waals surface area contributed by atoms with Crippen LogP contribution in [0.5, 0.6) is 0 Å². The third-order valence-corrected chi connectivity index (χ3v) is 7.18. The van der Waals surface area contributed by atoms with Crippen LogP contribution in [0, 0.1) is 16.4 Å². The molecule has 1 aromatic carbocycles. The molecule has 9 heteroatoms. The highest BCUT2D eigenvalue weighted by molar-refractivity contribution is 9.10. The number of imidazole rings is 1. The summed E-state index contributed by atoms with van der Waals surface area (Å²) in [6.45, 7) is 1.62. The van der Waals surface area contributed by atoms with Crippen LogP contribution >= 0.6 is 28.1 Å². The SMILES string of the molecule is CN(C(=O)Cc1c2n(c(=S)n1C)C[C@H](c1c(F)ccc(Br)c1F)C2)[C@@H]1CCOC1. The number of carbonyl (C=O) groups excluding carboxylic acids is 1. The average Bonchev–Trinajstić information content (AvgIpc) is 3.41. The quantitative estimate of drug-likeness (QED) is 0.489. The fourth-order valence-corrected chi connectivity index (χ4v) is 4.97. The van der Waals surface area contributed by atoms with Crippen LogP contribution in [-0.2, 0) is 36.0 Å². The number of carbonyl (C=O) groups is 1. The van der Waals surface area contributed by atoms with Crippen molar-refractivity contribution in [3.63, 3.8) is 0 Å². The summed E-state index contributed by atoms with van der Waals surface area (Å²) in [6.07, 6.45) is 1.47. The van der Waals surface area contributed by atoms with Gasteiger partial charge in [0, 0.05) is 50.1 Å². The van der Waals surface area contributed by atoms with E-state index in [1.807, 2.05) is 16.2 Å². The Morgan fingerprint density at radius 2 is 2.17 bits per heavy atom. The van der Waals surface area contributed by atoms with Gasteiger partial charge in [-0.15, -0.1) is 0 Å². The van der Waals surface area contributed by atoms with E-state index in [0.717, 1.165) is 17.8 Å². The number of amides is 1. The van der Waals surface area contributed by atoms with Crippen molar-refractivity contribution in [1.82, 2.24) is 14.0 Å². The Balaban J connectivity index is 1.62. The van der Waals surface area contributed by atoms with Crippen molar-refractivity contribution >= 4 is 34.1 Å². The van der Waals surface area contributed by atoms with Gasteiger partial charge < -0.3 is 18.8 Å². The van der Waals surface area contributed by atoms with Crippen LogP contribution < -0.4 is 0 Å². The van der Waals surface area contributed by atoms with Crippen LogP contribution in [0.2, 0.25) is 0 Å². The minimum Gasteiger partial charge on any atom is -0.379 e. The van der Waals surface area contributed by atoms with Crippen molar-refractivity contribution in [3.05, 3.63) is 50.0 Å². The molecule has 5 nitrogen and oxygen atoms in total. The molecule has 1 aromatic heterocycles. The van der Waals surface area contributed by atoms with Gasteiger partial charge in [-0.05, 0) is 53.1 Å². The number of hydrogen-bond donors (Lipinski definition) is 0. The first-order valence-electron chi connectivity index (χ1n) is 9.53. The Labute approximate surface area is 181 Å². The lowest BCUT2D eigenvalue weighted by molar-refractivity contribution is -0.131. The predicted molar refractivity (Wildman–Crippen MR) is 110 cm³/mol. The summed E-state index contributed by atoms with van der Waals surface area (Å²) in [6, 6.07) is 2.73. The van der Waals surface area contributed by atoms with E-state index in [9.17, 15) is 13.6 Å². The number of aromatic nitrogens is 2. The Hall–Kier alpha value is -1.58. The first kappa shape index (κ1) is 20.7. The highest BCUT2D eigenvalue weighted by atomic mass is 79.9. The van der Waals surface area contributed by atoms with E-state index in [1.165, 1.54) is 12.1 Å². The molecule has 2 aromatic rings. The molecule has 0 N–H and O–H groups in total. The maximum absolute atomic E-state index is 14.6. The lowest BCUT2D eigenvalue weighted by atomic mass is 9.95. The van der Waals surface area contributed by atoms with E-state index in [0.29, 0.717) is 31.0 Å². The number of benzene rings is 1. The number of nitrogens with zero attached hydrogens (tertiary/aromatic N) is 3. The zero-order valence-electron chi connectivity index (χ0n) is 16.3. The molecule has 0 radical (unpaired) electrons. The molecule has 1 fully saturated rings. The van der Waals surface area contributed by atoms with E-state index in [1.54, 1.807) is 11.9 Å². The lowest BCUT2D eigenvalue weighted by Crippen LogP contribution is -2.38. The lowest BCUT2D eigenvalue weighted by Gasteiger charge is -2.23. The maximum Gasteiger partial charge on any atom is 0.228 e. The summed E-state index contributed by atoms with van der Waals surface area (Å²) >= 11 is 8.69. The zero-order chi connectivity index (χ0) is 20.9. The highest BCUT2D eigenvalue weighted by Gasteiger charge is 2.34. The molecule has 3 heterocycles. The van der Waals surface area contributed by atoms with Crippen LogP contribution in [0.15, 0.2) is 16.6 Å². The molecule has 2 aliphatic heterocycles. The van der Waals surface area contributed by atoms with Gasteiger partial charge in [0.25, 0.3) is 0 Å². The molecule has 0 saturated carbocycles. The van der Waals surface area contributed by atoms with Gasteiger partial charge in [0.15, 0.2) is 4.77 Å². The molecule has 2 aliphatic rings. The fraction of sp³-hybridized carbons (Fsp3) is 0.500. The minimum absolute atomic E-state index is 0.0113. The largest absolute Gasteiger partial charge is 0.379 e. The molecule has 156 valence electrons. The average molecular weight is 486 g/mol. The van der Waals surface area contributed by atoms with E-state index >= 15 is 0 Å². The molecule has 0 unspecified atom stereocenters. The molecule has 1 amide bonds. The van der Waals surface area contributed by atoms with Crippen molar-refractivity contribution in [2.24, 2.45) is 7.05 Å². The van der Waals surface area contributed by atoms with E-state index in [4.69, 9.17) is 17.0 Å². The normalized spacial score (nSPS) is 20.9. The van der Waals surface area contributed by atoms with Gasteiger partial charge >= 0.3 is 0 Å². The van der Waals surface area contributed by atoms with Gasteiger partial charge in [-0.25, -0.2) is 8.78 Å². The molecular weight excluding hydrogens is 464 g/mol. The van der Waals surface area contributed by atoms with Gasteiger partial charge in [-0.1, -0.05) is 0 Å². The molecule has 0 spiro atoms. The molecular formula is C20H22BrF2N3O2S. The second-order valence-electron chi connectivity index (χ2n) is 7.70. The highest BCUT2D eigenvalue weighted by Crippen LogP contribution is 2.37. The molecule has 1 saturated heterocycles. The van der Waals surface area contributed by atoms with Gasteiger partial charge in [0.1, 0.15) is 11.6 Å². The molecule has 0 aliphatic carbocycles. The van der Waals surface area contributed by atoms with Gasteiger partial charge in [0.05, 0.1) is 23.5 Å². The number of ether oxygens (including phenoxy) is 1. The smallest absolute Gasteiger partial charge is 0.228 e. The number of fused-ring (bicyclic) bond motifs is 1.